The van der Waals surface area contributed by atoms with E-state index in [1.165, 1.54) is 6.33 Å². The molecule has 9 heteroatoms. The minimum absolute atomic E-state index is 0.111. The fourth-order valence-electron chi connectivity index (χ4n) is 2.53. The lowest BCUT2D eigenvalue weighted by atomic mass is 10.2. The van der Waals surface area contributed by atoms with Gasteiger partial charge in [0.15, 0.2) is 11.2 Å². The van der Waals surface area contributed by atoms with E-state index in [0.29, 0.717) is 18.0 Å². The summed E-state index contributed by atoms with van der Waals surface area (Å²) in [7, 11) is 0. The van der Waals surface area contributed by atoms with Crippen molar-refractivity contribution in [3.63, 3.8) is 0 Å². The summed E-state index contributed by atoms with van der Waals surface area (Å²) in [5, 5.41) is 22.0. The van der Waals surface area contributed by atoms with Crippen molar-refractivity contribution in [2.45, 2.75) is 44.7 Å². The van der Waals surface area contributed by atoms with Crippen LogP contribution in [0, 0.1) is 0 Å². The molecular weight excluding hydrogens is 290 g/mol. The zero-order valence-electron chi connectivity index (χ0n) is 12.4. The molecule has 3 heterocycles. The summed E-state index contributed by atoms with van der Waals surface area (Å²) < 4.78 is 7.19. The molecule has 1 unspecified atom stereocenters. The van der Waals surface area contributed by atoms with Crippen LogP contribution in [0.25, 0.3) is 11.2 Å². The molecule has 0 amide bonds. The standard InChI is InChI=1S/C13H19N5O4/c1-6(2)15-13-16-11-10(12(21)17-13)14-5-18(11)9-3-7(20)8(4-19)22-9/h5-9,19-20H,3-4H2,1-2H3,(H2,15,16,17,21)/t7?,8-,9-/m1/s1. The Labute approximate surface area is 126 Å². The van der Waals surface area contributed by atoms with Crippen LogP contribution in [0.5, 0.6) is 0 Å². The number of hydrogen-bond acceptors (Lipinski definition) is 7. The van der Waals surface area contributed by atoms with Gasteiger partial charge in [0.05, 0.1) is 19.0 Å². The lowest BCUT2D eigenvalue weighted by Gasteiger charge is -2.14. The number of ether oxygens (including phenoxy) is 1. The van der Waals surface area contributed by atoms with Gasteiger partial charge in [-0.25, -0.2) is 4.98 Å². The van der Waals surface area contributed by atoms with Crippen molar-refractivity contribution in [3.8, 4) is 0 Å². The van der Waals surface area contributed by atoms with Crippen LogP contribution in [0.4, 0.5) is 5.95 Å². The normalized spacial score (nSPS) is 25.2. The summed E-state index contributed by atoms with van der Waals surface area (Å²) in [5.41, 5.74) is 0.242. The Balaban J connectivity index is 2.00. The quantitative estimate of drug-likeness (QED) is 0.604. The number of anilines is 1. The Kier molecular flexibility index (Phi) is 3.85. The molecule has 120 valence electrons. The van der Waals surface area contributed by atoms with Crippen molar-refractivity contribution in [2.24, 2.45) is 0 Å². The van der Waals surface area contributed by atoms with Gasteiger partial charge in [0.2, 0.25) is 5.95 Å². The molecular formula is C13H19N5O4. The Bertz CT molecular complexity index is 725. The van der Waals surface area contributed by atoms with Crippen LogP contribution in [-0.4, -0.2) is 54.6 Å². The van der Waals surface area contributed by atoms with Crippen molar-refractivity contribution in [1.82, 2.24) is 19.5 Å². The van der Waals surface area contributed by atoms with Crippen LogP contribution >= 0.6 is 0 Å². The van der Waals surface area contributed by atoms with E-state index in [0.717, 1.165) is 0 Å². The molecule has 0 radical (unpaired) electrons. The Morgan fingerprint density at radius 3 is 3.00 bits per heavy atom. The number of aliphatic hydroxyl groups is 2. The van der Waals surface area contributed by atoms with E-state index >= 15 is 0 Å². The van der Waals surface area contributed by atoms with E-state index in [9.17, 15) is 9.90 Å². The molecule has 2 aromatic rings. The molecule has 22 heavy (non-hydrogen) atoms. The molecule has 1 aliphatic rings. The van der Waals surface area contributed by atoms with Gasteiger partial charge in [0.1, 0.15) is 12.3 Å². The number of H-pyrrole nitrogens is 1. The van der Waals surface area contributed by atoms with Gasteiger partial charge in [-0.3, -0.25) is 14.3 Å². The van der Waals surface area contributed by atoms with E-state index in [-0.39, 0.29) is 23.7 Å². The highest BCUT2D eigenvalue weighted by molar-refractivity contribution is 5.70. The molecule has 4 N–H and O–H groups in total. The first kappa shape index (κ1) is 14.9. The summed E-state index contributed by atoms with van der Waals surface area (Å²) in [6.07, 6.45) is -0.153. The van der Waals surface area contributed by atoms with Crippen LogP contribution in [0.3, 0.4) is 0 Å². The molecule has 2 aromatic heterocycles. The van der Waals surface area contributed by atoms with Crippen LogP contribution in [0.2, 0.25) is 0 Å². The average molecular weight is 309 g/mol. The van der Waals surface area contributed by atoms with Gasteiger partial charge in [-0.05, 0) is 13.8 Å². The van der Waals surface area contributed by atoms with Crippen LogP contribution < -0.4 is 10.9 Å². The number of nitrogens with one attached hydrogen (secondary N) is 2. The molecule has 3 rings (SSSR count). The van der Waals surface area contributed by atoms with Crippen LogP contribution in [0.15, 0.2) is 11.1 Å². The molecule has 0 saturated carbocycles. The zero-order valence-corrected chi connectivity index (χ0v) is 12.4. The van der Waals surface area contributed by atoms with Crippen LogP contribution in [0.1, 0.15) is 26.5 Å². The topological polar surface area (TPSA) is 125 Å². The zero-order chi connectivity index (χ0) is 15.9. The summed E-state index contributed by atoms with van der Waals surface area (Å²) >= 11 is 0. The molecule has 1 aliphatic heterocycles. The number of aromatic nitrogens is 4. The number of aliphatic hydroxyl groups excluding tert-OH is 2. The fraction of sp³-hybridized carbons (Fsp3) is 0.615. The molecule has 0 spiro atoms. The maximum absolute atomic E-state index is 12.1. The lowest BCUT2D eigenvalue weighted by Crippen LogP contribution is -2.24. The van der Waals surface area contributed by atoms with Crippen molar-refractivity contribution in [2.75, 3.05) is 11.9 Å². The highest BCUT2D eigenvalue weighted by atomic mass is 16.5. The summed E-state index contributed by atoms with van der Waals surface area (Å²) in [4.78, 5) is 23.1. The third-order valence-electron chi connectivity index (χ3n) is 3.55. The maximum atomic E-state index is 12.1. The fourth-order valence-corrected chi connectivity index (χ4v) is 2.53. The second-order valence-corrected chi connectivity index (χ2v) is 5.65. The van der Waals surface area contributed by atoms with Crippen molar-refractivity contribution in [1.29, 1.82) is 0 Å². The Hall–Kier alpha value is -1.97. The van der Waals surface area contributed by atoms with E-state index in [1.54, 1.807) is 4.57 Å². The highest BCUT2D eigenvalue weighted by Gasteiger charge is 2.35. The lowest BCUT2D eigenvalue weighted by molar-refractivity contribution is -0.0432. The molecule has 0 bridgehead atoms. The molecule has 1 saturated heterocycles. The van der Waals surface area contributed by atoms with Crippen LogP contribution in [-0.2, 0) is 4.74 Å². The van der Waals surface area contributed by atoms with Crippen molar-refractivity contribution in [3.05, 3.63) is 16.7 Å². The first-order chi connectivity index (χ1) is 10.5. The third-order valence-corrected chi connectivity index (χ3v) is 3.55. The van der Waals surface area contributed by atoms with E-state index < -0.39 is 18.4 Å². The number of hydrogen-bond donors (Lipinski definition) is 4. The monoisotopic (exact) mass is 309 g/mol. The first-order valence-electron chi connectivity index (χ1n) is 7.17. The smallest absolute Gasteiger partial charge is 0.280 e. The average Bonchev–Trinajstić information content (AvgIpc) is 3.01. The molecule has 9 nitrogen and oxygen atoms in total. The summed E-state index contributed by atoms with van der Waals surface area (Å²) in [6, 6.07) is 0.111. The van der Waals surface area contributed by atoms with Gasteiger partial charge in [-0.2, -0.15) is 4.98 Å². The number of fused-ring (bicyclic) bond motifs is 1. The predicted octanol–water partition coefficient (Wildman–Crippen LogP) is -0.419. The van der Waals surface area contributed by atoms with Gasteiger partial charge < -0.3 is 20.3 Å². The van der Waals surface area contributed by atoms with Gasteiger partial charge in [0.25, 0.3) is 5.56 Å². The number of imidazole rings is 1. The van der Waals surface area contributed by atoms with E-state index in [4.69, 9.17) is 9.84 Å². The number of nitrogens with zero attached hydrogens (tertiary/aromatic N) is 3. The predicted molar refractivity (Wildman–Crippen MR) is 78.5 cm³/mol. The summed E-state index contributed by atoms with van der Waals surface area (Å²) in [5.74, 6) is 0.353. The molecule has 0 aliphatic carbocycles. The number of rotatable bonds is 4. The molecule has 1 fully saturated rings. The second-order valence-electron chi connectivity index (χ2n) is 5.65. The van der Waals surface area contributed by atoms with Crippen molar-refractivity contribution >= 4 is 17.1 Å². The van der Waals surface area contributed by atoms with Gasteiger partial charge in [-0.15, -0.1) is 0 Å². The largest absolute Gasteiger partial charge is 0.394 e. The SMILES string of the molecule is CC(C)Nc1nc2c(ncn2[C@H]2CC(O)[C@@H](CO)O2)c(=O)[nH]1. The third kappa shape index (κ3) is 2.58. The van der Waals surface area contributed by atoms with E-state index in [2.05, 4.69) is 20.3 Å². The Morgan fingerprint density at radius 2 is 2.36 bits per heavy atom. The molecule has 3 atom stereocenters. The minimum Gasteiger partial charge on any atom is -0.394 e. The van der Waals surface area contributed by atoms with E-state index in [1.807, 2.05) is 13.8 Å². The number of aromatic amines is 1. The minimum atomic E-state index is -0.761. The van der Waals surface area contributed by atoms with Gasteiger partial charge >= 0.3 is 0 Å². The summed E-state index contributed by atoms with van der Waals surface area (Å²) in [6.45, 7) is 3.60. The van der Waals surface area contributed by atoms with Crippen molar-refractivity contribution < 1.29 is 14.9 Å². The molecule has 0 aromatic carbocycles. The Morgan fingerprint density at radius 1 is 1.59 bits per heavy atom. The van der Waals surface area contributed by atoms with Gasteiger partial charge in [0, 0.05) is 12.5 Å². The highest BCUT2D eigenvalue weighted by Crippen LogP contribution is 2.30. The van der Waals surface area contributed by atoms with Gasteiger partial charge in [-0.1, -0.05) is 0 Å². The first-order valence-corrected chi connectivity index (χ1v) is 7.17. The second kappa shape index (κ2) is 5.67. The maximum Gasteiger partial charge on any atom is 0.280 e.